The van der Waals surface area contributed by atoms with Crippen molar-refractivity contribution in [3.05, 3.63) is 11.3 Å². The summed E-state index contributed by atoms with van der Waals surface area (Å²) in [6.07, 6.45) is 0. The first-order valence-corrected chi connectivity index (χ1v) is 5.52. The maximum Gasteiger partial charge on any atom is 0.137 e. The molecule has 0 bridgehead atoms. The Morgan fingerprint density at radius 2 is 2.00 bits per heavy atom. The molecule has 0 unspecified atom stereocenters. The van der Waals surface area contributed by atoms with E-state index in [2.05, 4.69) is 23.8 Å². The van der Waals surface area contributed by atoms with Crippen LogP contribution in [0.5, 0.6) is 0 Å². The van der Waals surface area contributed by atoms with Gasteiger partial charge in [0.15, 0.2) is 0 Å². The van der Waals surface area contributed by atoms with Gasteiger partial charge in [-0.15, -0.1) is 0 Å². The van der Waals surface area contributed by atoms with Gasteiger partial charge in [0.05, 0.1) is 11.3 Å². The van der Waals surface area contributed by atoms with Crippen molar-refractivity contribution in [2.24, 2.45) is 12.8 Å². The Morgan fingerprint density at radius 1 is 1.47 bits per heavy atom. The number of hydrogen-bond donors (Lipinski definition) is 1. The molecule has 0 fully saturated rings. The summed E-state index contributed by atoms with van der Waals surface area (Å²) in [5, 5.41) is 4.36. The van der Waals surface area contributed by atoms with E-state index in [0.29, 0.717) is 4.99 Å². The van der Waals surface area contributed by atoms with E-state index in [1.165, 1.54) is 0 Å². The maximum absolute atomic E-state index is 5.73. The smallest absolute Gasteiger partial charge is 0.137 e. The highest BCUT2D eigenvalue weighted by atomic mass is 32.1. The average molecular weight is 226 g/mol. The first-order chi connectivity index (χ1) is 7.02. The number of nitrogens with two attached hydrogens (primary N) is 1. The molecule has 2 N–H and O–H groups in total. The van der Waals surface area contributed by atoms with Gasteiger partial charge in [-0.1, -0.05) is 12.2 Å². The number of nitrogens with zero attached hydrogens (tertiary/aromatic N) is 3. The van der Waals surface area contributed by atoms with Gasteiger partial charge >= 0.3 is 0 Å². The zero-order chi connectivity index (χ0) is 11.6. The Hall–Kier alpha value is -1.10. The van der Waals surface area contributed by atoms with E-state index in [1.807, 2.05) is 18.7 Å². The van der Waals surface area contributed by atoms with Gasteiger partial charge in [-0.25, -0.2) is 0 Å². The molecule has 0 amide bonds. The molecule has 0 aliphatic rings. The van der Waals surface area contributed by atoms with Crippen molar-refractivity contribution in [1.29, 1.82) is 0 Å². The molecule has 0 aliphatic carbocycles. The van der Waals surface area contributed by atoms with E-state index in [9.17, 15) is 0 Å². The number of anilines is 1. The Kier molecular flexibility index (Phi) is 3.68. The summed E-state index contributed by atoms with van der Waals surface area (Å²) in [6, 6.07) is 0. The predicted molar refractivity (Wildman–Crippen MR) is 67.4 cm³/mol. The van der Waals surface area contributed by atoms with Gasteiger partial charge in [0.2, 0.25) is 0 Å². The quantitative estimate of drug-likeness (QED) is 0.784. The molecular formula is C10H18N4S. The lowest BCUT2D eigenvalue weighted by Crippen LogP contribution is -2.27. The molecule has 1 heterocycles. The lowest BCUT2D eigenvalue weighted by molar-refractivity contribution is 0.715. The van der Waals surface area contributed by atoms with Gasteiger partial charge < -0.3 is 10.6 Å². The molecule has 0 spiro atoms. The third-order valence-corrected chi connectivity index (χ3v) is 2.71. The van der Waals surface area contributed by atoms with Crippen LogP contribution in [0.3, 0.4) is 0 Å². The van der Waals surface area contributed by atoms with E-state index >= 15 is 0 Å². The zero-order valence-electron chi connectivity index (χ0n) is 9.74. The average Bonchev–Trinajstić information content (AvgIpc) is 2.44. The van der Waals surface area contributed by atoms with E-state index in [1.54, 1.807) is 0 Å². The topological polar surface area (TPSA) is 47.1 Å². The lowest BCUT2D eigenvalue weighted by atomic mass is 10.2. The Morgan fingerprint density at radius 3 is 2.40 bits per heavy atom. The fraction of sp³-hybridized carbons (Fsp3) is 0.600. The van der Waals surface area contributed by atoms with E-state index in [4.69, 9.17) is 18.0 Å². The highest BCUT2D eigenvalue weighted by molar-refractivity contribution is 7.80. The summed E-state index contributed by atoms with van der Waals surface area (Å²) < 4.78 is 1.84. The van der Waals surface area contributed by atoms with Crippen molar-refractivity contribution >= 4 is 23.0 Å². The van der Waals surface area contributed by atoms with Gasteiger partial charge in [-0.05, 0) is 20.8 Å². The van der Waals surface area contributed by atoms with Gasteiger partial charge in [0, 0.05) is 20.1 Å². The van der Waals surface area contributed by atoms with E-state index < -0.39 is 0 Å². The summed E-state index contributed by atoms with van der Waals surface area (Å²) >= 11 is 5.06. The number of aryl methyl sites for hydroxylation is 2. The SMILES string of the molecule is CCN(CC)c1c(C(N)=S)c(C)nn1C. The third kappa shape index (κ3) is 2.12. The first kappa shape index (κ1) is 12.0. The molecule has 1 aromatic heterocycles. The van der Waals surface area contributed by atoms with Crippen LogP contribution in [0.25, 0.3) is 0 Å². The summed E-state index contributed by atoms with van der Waals surface area (Å²) in [4.78, 5) is 2.62. The molecule has 0 atom stereocenters. The highest BCUT2D eigenvalue weighted by Gasteiger charge is 2.18. The molecule has 4 nitrogen and oxygen atoms in total. The number of thiocarbonyl (C=S) groups is 1. The van der Waals surface area contributed by atoms with Crippen LogP contribution < -0.4 is 10.6 Å². The molecule has 1 rings (SSSR count). The molecule has 0 saturated carbocycles. The normalized spacial score (nSPS) is 10.4. The second-order valence-corrected chi connectivity index (χ2v) is 3.88. The highest BCUT2D eigenvalue weighted by Crippen LogP contribution is 2.22. The molecule has 1 aromatic rings. The number of rotatable bonds is 4. The number of hydrogen-bond acceptors (Lipinski definition) is 3. The van der Waals surface area contributed by atoms with Crippen molar-refractivity contribution in [3.8, 4) is 0 Å². The van der Waals surface area contributed by atoms with Crippen LogP contribution in [-0.2, 0) is 7.05 Å². The van der Waals surface area contributed by atoms with Crippen LogP contribution in [0.2, 0.25) is 0 Å². The van der Waals surface area contributed by atoms with Gasteiger partial charge in [-0.2, -0.15) is 5.10 Å². The van der Waals surface area contributed by atoms with Crippen LogP contribution in [-0.4, -0.2) is 27.9 Å². The summed E-state index contributed by atoms with van der Waals surface area (Å²) in [5.74, 6) is 1.02. The maximum atomic E-state index is 5.73. The summed E-state index contributed by atoms with van der Waals surface area (Å²) in [5.41, 5.74) is 7.52. The van der Waals surface area contributed by atoms with Crippen LogP contribution in [0, 0.1) is 6.92 Å². The van der Waals surface area contributed by atoms with Gasteiger partial charge in [0.25, 0.3) is 0 Å². The monoisotopic (exact) mass is 226 g/mol. The largest absolute Gasteiger partial charge is 0.389 e. The minimum absolute atomic E-state index is 0.419. The van der Waals surface area contributed by atoms with Crippen LogP contribution in [0.1, 0.15) is 25.1 Å². The minimum atomic E-state index is 0.419. The van der Waals surface area contributed by atoms with Crippen molar-refractivity contribution in [1.82, 2.24) is 9.78 Å². The molecule has 0 radical (unpaired) electrons. The summed E-state index contributed by atoms with van der Waals surface area (Å²) in [6.45, 7) is 7.99. The molecule has 0 saturated heterocycles. The second-order valence-electron chi connectivity index (χ2n) is 3.44. The fourth-order valence-electron chi connectivity index (χ4n) is 1.82. The summed E-state index contributed by atoms with van der Waals surface area (Å²) in [7, 11) is 1.92. The molecule has 15 heavy (non-hydrogen) atoms. The van der Waals surface area contributed by atoms with E-state index in [0.717, 1.165) is 30.2 Å². The van der Waals surface area contributed by atoms with Crippen LogP contribution in [0.15, 0.2) is 0 Å². The Labute approximate surface area is 96.1 Å². The molecule has 5 heteroatoms. The first-order valence-electron chi connectivity index (χ1n) is 5.11. The molecule has 0 aliphatic heterocycles. The Bertz CT molecular complexity index is 366. The minimum Gasteiger partial charge on any atom is -0.389 e. The third-order valence-electron chi connectivity index (χ3n) is 2.50. The molecular weight excluding hydrogens is 208 g/mol. The fourth-order valence-corrected chi connectivity index (χ4v) is 2.06. The molecule has 84 valence electrons. The van der Waals surface area contributed by atoms with E-state index in [-0.39, 0.29) is 0 Å². The van der Waals surface area contributed by atoms with Crippen molar-refractivity contribution in [2.45, 2.75) is 20.8 Å². The zero-order valence-corrected chi connectivity index (χ0v) is 10.6. The van der Waals surface area contributed by atoms with Crippen molar-refractivity contribution in [3.63, 3.8) is 0 Å². The standard InChI is InChI=1S/C10H18N4S/c1-5-14(6-2)10-8(9(11)15)7(3)12-13(10)4/h5-6H2,1-4H3,(H2,11,15). The molecule has 0 aromatic carbocycles. The van der Waals surface area contributed by atoms with Crippen molar-refractivity contribution in [2.75, 3.05) is 18.0 Å². The number of aromatic nitrogens is 2. The van der Waals surface area contributed by atoms with Crippen LogP contribution >= 0.6 is 12.2 Å². The van der Waals surface area contributed by atoms with Crippen LogP contribution in [0.4, 0.5) is 5.82 Å². The van der Waals surface area contributed by atoms with Gasteiger partial charge in [0.1, 0.15) is 10.8 Å². The lowest BCUT2D eigenvalue weighted by Gasteiger charge is -2.22. The van der Waals surface area contributed by atoms with Crippen molar-refractivity contribution < 1.29 is 0 Å². The second kappa shape index (κ2) is 4.61. The predicted octanol–water partition coefficient (Wildman–Crippen LogP) is 1.21. The Balaban J connectivity index is 3.31. The van der Waals surface area contributed by atoms with Gasteiger partial charge in [-0.3, -0.25) is 4.68 Å².